The highest BCUT2D eigenvalue weighted by atomic mass is 16.5. The van der Waals surface area contributed by atoms with Gasteiger partial charge in [-0.2, -0.15) is 0 Å². The molecular weight excluding hydrogens is 152 g/mol. The summed E-state index contributed by atoms with van der Waals surface area (Å²) in [7, 11) is 0. The first-order valence-electron chi connectivity index (χ1n) is 3.33. The van der Waals surface area contributed by atoms with Gasteiger partial charge in [-0.05, 0) is 6.42 Å². The second-order valence-corrected chi connectivity index (χ2v) is 2.48. The lowest BCUT2D eigenvalue weighted by Crippen LogP contribution is -2.48. The van der Waals surface area contributed by atoms with E-state index in [4.69, 9.17) is 20.1 Å². The zero-order valence-corrected chi connectivity index (χ0v) is 5.80. The van der Waals surface area contributed by atoms with Crippen LogP contribution in [0.3, 0.4) is 0 Å². The van der Waals surface area contributed by atoms with Crippen molar-refractivity contribution in [3.05, 3.63) is 0 Å². The largest absolute Gasteiger partial charge is 0.479 e. The van der Waals surface area contributed by atoms with Crippen LogP contribution in [0.4, 0.5) is 0 Å². The van der Waals surface area contributed by atoms with E-state index in [1.165, 1.54) is 0 Å². The van der Waals surface area contributed by atoms with Gasteiger partial charge in [-0.15, -0.1) is 0 Å². The highest BCUT2D eigenvalue weighted by Crippen LogP contribution is 2.14. The molecule has 0 unspecified atom stereocenters. The molecule has 0 radical (unpaired) electrons. The Morgan fingerprint density at radius 2 is 2.09 bits per heavy atom. The Balaban J connectivity index is 2.58. The summed E-state index contributed by atoms with van der Waals surface area (Å²) in [5.74, 6) is -1.24. The number of carbonyl (C=O) groups is 1. The van der Waals surface area contributed by atoms with Crippen LogP contribution in [0.15, 0.2) is 0 Å². The van der Waals surface area contributed by atoms with Crippen molar-refractivity contribution >= 4 is 5.97 Å². The highest BCUT2D eigenvalue weighted by molar-refractivity contribution is 5.73. The van der Waals surface area contributed by atoms with E-state index in [0.717, 1.165) is 0 Å². The maximum Gasteiger partial charge on any atom is 0.335 e. The van der Waals surface area contributed by atoms with Gasteiger partial charge in [-0.3, -0.25) is 0 Å². The van der Waals surface area contributed by atoms with E-state index in [9.17, 15) is 4.79 Å². The molecule has 0 saturated carbocycles. The van der Waals surface area contributed by atoms with Crippen LogP contribution in [0.2, 0.25) is 0 Å². The SMILES string of the molecule is O=C(O)[C@H]1OCC[C@@H](O)[C@@H]1O. The number of aliphatic carboxylic acids is 1. The first-order valence-corrected chi connectivity index (χ1v) is 3.33. The molecule has 1 saturated heterocycles. The molecule has 0 aromatic rings. The summed E-state index contributed by atoms with van der Waals surface area (Å²) in [6.07, 6.45) is -3.28. The zero-order valence-electron chi connectivity index (χ0n) is 5.80. The van der Waals surface area contributed by atoms with Crippen LogP contribution in [0.1, 0.15) is 6.42 Å². The lowest BCUT2D eigenvalue weighted by atomic mass is 10.0. The molecule has 0 spiro atoms. The first-order chi connectivity index (χ1) is 5.13. The van der Waals surface area contributed by atoms with Gasteiger partial charge in [0.05, 0.1) is 12.7 Å². The Bertz CT molecular complexity index is 157. The number of rotatable bonds is 1. The molecule has 1 aliphatic heterocycles. The van der Waals surface area contributed by atoms with Crippen LogP contribution >= 0.6 is 0 Å². The van der Waals surface area contributed by atoms with Gasteiger partial charge in [-0.1, -0.05) is 0 Å². The molecule has 0 aromatic heterocycles. The highest BCUT2D eigenvalue weighted by Gasteiger charge is 2.36. The van der Waals surface area contributed by atoms with Gasteiger partial charge >= 0.3 is 5.97 Å². The van der Waals surface area contributed by atoms with Gasteiger partial charge in [0, 0.05) is 0 Å². The van der Waals surface area contributed by atoms with Crippen LogP contribution in [0.5, 0.6) is 0 Å². The quantitative estimate of drug-likeness (QED) is 0.440. The van der Waals surface area contributed by atoms with E-state index >= 15 is 0 Å². The number of carboxylic acid groups (broad SMARTS) is 1. The van der Waals surface area contributed by atoms with Crippen LogP contribution in [0.25, 0.3) is 0 Å². The molecule has 3 atom stereocenters. The molecule has 0 aliphatic carbocycles. The summed E-state index contributed by atoms with van der Waals surface area (Å²) >= 11 is 0. The minimum absolute atomic E-state index is 0.176. The maximum atomic E-state index is 10.3. The number of carboxylic acids is 1. The van der Waals surface area contributed by atoms with E-state index in [1.54, 1.807) is 0 Å². The summed E-state index contributed by atoms with van der Waals surface area (Å²) in [6, 6.07) is 0. The van der Waals surface area contributed by atoms with Crippen molar-refractivity contribution in [1.82, 2.24) is 0 Å². The zero-order chi connectivity index (χ0) is 8.43. The number of aliphatic hydroxyl groups excluding tert-OH is 2. The molecule has 1 aliphatic rings. The lowest BCUT2D eigenvalue weighted by molar-refractivity contribution is -0.177. The van der Waals surface area contributed by atoms with Crippen LogP contribution in [0, 0.1) is 0 Å². The predicted molar refractivity (Wildman–Crippen MR) is 34.0 cm³/mol. The van der Waals surface area contributed by atoms with Crippen molar-refractivity contribution < 1.29 is 24.9 Å². The molecule has 0 bridgehead atoms. The average Bonchev–Trinajstić information content (AvgIpc) is 1.94. The molecular formula is C6H10O5. The number of aliphatic hydroxyl groups is 2. The van der Waals surface area contributed by atoms with Gasteiger partial charge in [0.1, 0.15) is 6.10 Å². The topological polar surface area (TPSA) is 87.0 Å². The van der Waals surface area contributed by atoms with Gasteiger partial charge in [0.25, 0.3) is 0 Å². The monoisotopic (exact) mass is 162 g/mol. The lowest BCUT2D eigenvalue weighted by Gasteiger charge is -2.28. The summed E-state index contributed by atoms with van der Waals surface area (Å²) < 4.78 is 4.71. The molecule has 1 fully saturated rings. The Labute approximate surface area is 63.2 Å². The number of hydrogen-bond donors (Lipinski definition) is 3. The van der Waals surface area contributed by atoms with Gasteiger partial charge in [-0.25, -0.2) is 4.79 Å². The second-order valence-electron chi connectivity index (χ2n) is 2.48. The predicted octanol–water partition coefficient (Wildman–Crippen LogP) is -1.42. The first kappa shape index (κ1) is 8.45. The van der Waals surface area contributed by atoms with E-state index in [-0.39, 0.29) is 13.0 Å². The van der Waals surface area contributed by atoms with Gasteiger partial charge < -0.3 is 20.1 Å². The van der Waals surface area contributed by atoms with Gasteiger partial charge in [0.2, 0.25) is 0 Å². The van der Waals surface area contributed by atoms with Crippen molar-refractivity contribution in [2.45, 2.75) is 24.7 Å². The molecule has 5 heteroatoms. The fourth-order valence-electron chi connectivity index (χ4n) is 1.00. The summed E-state index contributed by atoms with van der Waals surface area (Å²) in [4.78, 5) is 10.3. The third-order valence-electron chi connectivity index (χ3n) is 1.66. The summed E-state index contributed by atoms with van der Waals surface area (Å²) in [5, 5.41) is 26.5. The second kappa shape index (κ2) is 3.17. The maximum absolute atomic E-state index is 10.3. The number of ether oxygens (including phenoxy) is 1. The molecule has 1 rings (SSSR count). The Morgan fingerprint density at radius 3 is 2.55 bits per heavy atom. The fraction of sp³-hybridized carbons (Fsp3) is 0.833. The Morgan fingerprint density at radius 1 is 1.45 bits per heavy atom. The van der Waals surface area contributed by atoms with Crippen molar-refractivity contribution in [3.63, 3.8) is 0 Å². The van der Waals surface area contributed by atoms with E-state index < -0.39 is 24.3 Å². The standard InChI is InChI=1S/C6H10O5/c7-3-1-2-11-5(4(3)8)6(9)10/h3-5,7-8H,1-2H2,(H,9,10)/t3-,4+,5+/m1/s1. The average molecular weight is 162 g/mol. The Hall–Kier alpha value is -0.650. The minimum Gasteiger partial charge on any atom is -0.479 e. The number of hydrogen-bond acceptors (Lipinski definition) is 4. The van der Waals surface area contributed by atoms with Crippen molar-refractivity contribution in [1.29, 1.82) is 0 Å². The van der Waals surface area contributed by atoms with Crippen LogP contribution in [-0.4, -0.2) is 46.2 Å². The molecule has 0 aromatic carbocycles. The molecule has 64 valence electrons. The van der Waals surface area contributed by atoms with Crippen LogP contribution < -0.4 is 0 Å². The van der Waals surface area contributed by atoms with E-state index in [1.807, 2.05) is 0 Å². The third-order valence-corrected chi connectivity index (χ3v) is 1.66. The van der Waals surface area contributed by atoms with Crippen LogP contribution in [-0.2, 0) is 9.53 Å². The smallest absolute Gasteiger partial charge is 0.335 e. The summed E-state index contributed by atoms with van der Waals surface area (Å²) in [6.45, 7) is 0.176. The van der Waals surface area contributed by atoms with E-state index in [2.05, 4.69) is 0 Å². The summed E-state index contributed by atoms with van der Waals surface area (Å²) in [5.41, 5.74) is 0. The fourth-order valence-corrected chi connectivity index (χ4v) is 1.00. The minimum atomic E-state index is -1.30. The molecule has 11 heavy (non-hydrogen) atoms. The van der Waals surface area contributed by atoms with Crippen molar-refractivity contribution in [3.8, 4) is 0 Å². The third kappa shape index (κ3) is 1.68. The molecule has 0 amide bonds. The normalized spacial score (nSPS) is 38.5. The Kier molecular flexibility index (Phi) is 2.43. The van der Waals surface area contributed by atoms with Crippen molar-refractivity contribution in [2.24, 2.45) is 0 Å². The van der Waals surface area contributed by atoms with Gasteiger partial charge in [0.15, 0.2) is 6.10 Å². The molecule has 3 N–H and O–H groups in total. The van der Waals surface area contributed by atoms with Crippen molar-refractivity contribution in [2.75, 3.05) is 6.61 Å². The van der Waals surface area contributed by atoms with E-state index in [0.29, 0.717) is 0 Å². The molecule has 5 nitrogen and oxygen atoms in total. The molecule has 1 heterocycles.